The van der Waals surface area contributed by atoms with Crippen molar-refractivity contribution in [2.75, 3.05) is 13.1 Å². The first-order valence-electron chi connectivity index (χ1n) is 6.54. The van der Waals surface area contributed by atoms with E-state index in [0.29, 0.717) is 6.42 Å². The molecular weight excluding hydrogens is 213 g/mol. The quantitative estimate of drug-likeness (QED) is 0.848. The summed E-state index contributed by atoms with van der Waals surface area (Å²) in [6.07, 6.45) is 2.63. The van der Waals surface area contributed by atoms with Crippen molar-refractivity contribution in [3.63, 3.8) is 0 Å². The van der Waals surface area contributed by atoms with Gasteiger partial charge in [0.15, 0.2) is 0 Å². The van der Waals surface area contributed by atoms with Gasteiger partial charge in [0.25, 0.3) is 0 Å². The van der Waals surface area contributed by atoms with Crippen molar-refractivity contribution < 1.29 is 4.39 Å². The average Bonchev–Trinajstić information content (AvgIpc) is 2.33. The summed E-state index contributed by atoms with van der Waals surface area (Å²) < 4.78 is 14.8. The summed E-state index contributed by atoms with van der Waals surface area (Å²) in [4.78, 5) is 0. The molecule has 0 amide bonds. The fraction of sp³-hybridized carbons (Fsp3) is 0.600. The van der Waals surface area contributed by atoms with Gasteiger partial charge >= 0.3 is 0 Å². The number of alkyl halides is 1. The summed E-state index contributed by atoms with van der Waals surface area (Å²) in [6, 6.07) is 8.11. The molecule has 0 spiro atoms. The SMILES string of the molecule is Cc1ccccc1CC(C)(F)C1CCCNC1. The number of nitrogens with one attached hydrogen (secondary N) is 1. The number of halogens is 1. The Morgan fingerprint density at radius 2 is 2.18 bits per heavy atom. The van der Waals surface area contributed by atoms with Gasteiger partial charge in [0.05, 0.1) is 0 Å². The lowest BCUT2D eigenvalue weighted by Gasteiger charge is -2.34. The van der Waals surface area contributed by atoms with E-state index in [2.05, 4.69) is 18.3 Å². The fourth-order valence-electron chi connectivity index (χ4n) is 2.69. The molecule has 1 N–H and O–H groups in total. The van der Waals surface area contributed by atoms with Crippen molar-refractivity contribution in [2.24, 2.45) is 5.92 Å². The van der Waals surface area contributed by atoms with Gasteiger partial charge in [-0.1, -0.05) is 24.3 Å². The van der Waals surface area contributed by atoms with E-state index < -0.39 is 5.67 Å². The summed E-state index contributed by atoms with van der Waals surface area (Å²) in [6.45, 7) is 5.68. The van der Waals surface area contributed by atoms with E-state index in [1.54, 1.807) is 6.92 Å². The molecule has 2 heteroatoms. The molecule has 17 heavy (non-hydrogen) atoms. The first kappa shape index (κ1) is 12.6. The maximum absolute atomic E-state index is 14.8. The van der Waals surface area contributed by atoms with Crippen LogP contribution in [0, 0.1) is 12.8 Å². The third-order valence-electron chi connectivity index (χ3n) is 3.95. The number of hydrogen-bond donors (Lipinski definition) is 1. The highest BCUT2D eigenvalue weighted by Crippen LogP contribution is 2.31. The number of benzene rings is 1. The third-order valence-corrected chi connectivity index (χ3v) is 3.95. The van der Waals surface area contributed by atoms with Crippen molar-refractivity contribution in [3.8, 4) is 0 Å². The Morgan fingerprint density at radius 3 is 2.82 bits per heavy atom. The molecule has 1 heterocycles. The minimum atomic E-state index is -1.10. The third kappa shape index (κ3) is 3.06. The smallest absolute Gasteiger partial charge is 0.116 e. The molecule has 1 aliphatic heterocycles. The fourth-order valence-corrected chi connectivity index (χ4v) is 2.69. The predicted molar refractivity (Wildman–Crippen MR) is 70.0 cm³/mol. The molecule has 0 aliphatic carbocycles. The Morgan fingerprint density at radius 1 is 1.41 bits per heavy atom. The van der Waals surface area contributed by atoms with Crippen LogP contribution in [0.15, 0.2) is 24.3 Å². The van der Waals surface area contributed by atoms with Gasteiger partial charge in [-0.25, -0.2) is 4.39 Å². The molecule has 0 radical (unpaired) electrons. The molecule has 0 bridgehead atoms. The molecule has 1 aliphatic rings. The second-order valence-electron chi connectivity index (χ2n) is 5.42. The van der Waals surface area contributed by atoms with Gasteiger partial charge in [0.1, 0.15) is 5.67 Å². The second kappa shape index (κ2) is 5.18. The minimum Gasteiger partial charge on any atom is -0.316 e. The van der Waals surface area contributed by atoms with Crippen LogP contribution in [0.2, 0.25) is 0 Å². The van der Waals surface area contributed by atoms with Gasteiger partial charge in [-0.05, 0) is 44.4 Å². The molecule has 1 saturated heterocycles. The summed E-state index contributed by atoms with van der Waals surface area (Å²) >= 11 is 0. The van der Waals surface area contributed by atoms with Crippen LogP contribution in [0.25, 0.3) is 0 Å². The molecule has 1 aromatic carbocycles. The van der Waals surface area contributed by atoms with E-state index in [0.717, 1.165) is 31.5 Å². The molecule has 2 unspecified atom stereocenters. The summed E-state index contributed by atoms with van der Waals surface area (Å²) in [7, 11) is 0. The molecule has 94 valence electrons. The van der Waals surface area contributed by atoms with Crippen molar-refractivity contribution >= 4 is 0 Å². The van der Waals surface area contributed by atoms with Gasteiger partial charge in [-0.15, -0.1) is 0 Å². The first-order valence-corrected chi connectivity index (χ1v) is 6.54. The number of hydrogen-bond acceptors (Lipinski definition) is 1. The van der Waals surface area contributed by atoms with Crippen LogP contribution in [0.5, 0.6) is 0 Å². The Bertz CT molecular complexity index is 367. The number of piperidine rings is 1. The molecule has 1 nitrogen and oxygen atoms in total. The topological polar surface area (TPSA) is 12.0 Å². The van der Waals surface area contributed by atoms with E-state index in [-0.39, 0.29) is 5.92 Å². The van der Waals surface area contributed by atoms with E-state index in [1.807, 2.05) is 18.2 Å². The van der Waals surface area contributed by atoms with E-state index in [9.17, 15) is 4.39 Å². The van der Waals surface area contributed by atoms with Crippen LogP contribution in [-0.2, 0) is 6.42 Å². The van der Waals surface area contributed by atoms with E-state index in [4.69, 9.17) is 0 Å². The van der Waals surface area contributed by atoms with Gasteiger partial charge < -0.3 is 5.32 Å². The van der Waals surface area contributed by atoms with Crippen molar-refractivity contribution in [1.29, 1.82) is 0 Å². The molecule has 0 saturated carbocycles. The predicted octanol–water partition coefficient (Wildman–Crippen LogP) is 3.27. The summed E-state index contributed by atoms with van der Waals surface area (Å²) in [5.74, 6) is 0.149. The molecule has 2 atom stereocenters. The standard InChI is InChI=1S/C15H22FN/c1-12-6-3-4-7-13(12)10-15(2,16)14-8-5-9-17-11-14/h3-4,6-7,14,17H,5,8-11H2,1-2H3. The average molecular weight is 235 g/mol. The number of rotatable bonds is 3. The lowest BCUT2D eigenvalue weighted by atomic mass is 9.80. The lowest BCUT2D eigenvalue weighted by Crippen LogP contribution is -2.42. The van der Waals surface area contributed by atoms with Gasteiger partial charge in [0.2, 0.25) is 0 Å². The monoisotopic (exact) mass is 235 g/mol. The molecule has 1 aromatic rings. The zero-order valence-corrected chi connectivity index (χ0v) is 10.8. The Labute approximate surface area is 103 Å². The van der Waals surface area contributed by atoms with Crippen LogP contribution in [0.4, 0.5) is 4.39 Å². The first-order chi connectivity index (χ1) is 8.09. The Balaban J connectivity index is 2.08. The van der Waals surface area contributed by atoms with Crippen LogP contribution >= 0.6 is 0 Å². The van der Waals surface area contributed by atoms with Crippen molar-refractivity contribution in [3.05, 3.63) is 35.4 Å². The highest BCUT2D eigenvalue weighted by Gasteiger charge is 2.35. The summed E-state index contributed by atoms with van der Waals surface area (Å²) in [5.41, 5.74) is 1.24. The highest BCUT2D eigenvalue weighted by molar-refractivity contribution is 5.27. The Kier molecular flexibility index (Phi) is 3.82. The second-order valence-corrected chi connectivity index (χ2v) is 5.42. The molecule has 0 aromatic heterocycles. The molecule has 1 fully saturated rings. The molecule has 2 rings (SSSR count). The number of aryl methyl sites for hydroxylation is 1. The van der Waals surface area contributed by atoms with Gasteiger partial charge in [-0.2, -0.15) is 0 Å². The van der Waals surface area contributed by atoms with Crippen LogP contribution < -0.4 is 5.32 Å². The van der Waals surface area contributed by atoms with Gasteiger partial charge in [-0.3, -0.25) is 0 Å². The summed E-state index contributed by atoms with van der Waals surface area (Å²) in [5, 5.41) is 3.30. The van der Waals surface area contributed by atoms with E-state index in [1.165, 1.54) is 5.56 Å². The highest BCUT2D eigenvalue weighted by atomic mass is 19.1. The van der Waals surface area contributed by atoms with Crippen LogP contribution in [-0.4, -0.2) is 18.8 Å². The Hall–Kier alpha value is -0.890. The zero-order chi connectivity index (χ0) is 12.3. The van der Waals surface area contributed by atoms with E-state index >= 15 is 0 Å². The normalized spacial score (nSPS) is 24.3. The van der Waals surface area contributed by atoms with Gasteiger partial charge in [0, 0.05) is 18.9 Å². The van der Waals surface area contributed by atoms with Crippen LogP contribution in [0.1, 0.15) is 30.9 Å². The maximum atomic E-state index is 14.8. The molecular formula is C15H22FN. The minimum absolute atomic E-state index is 0.149. The zero-order valence-electron chi connectivity index (χ0n) is 10.8. The largest absolute Gasteiger partial charge is 0.316 e. The van der Waals surface area contributed by atoms with Crippen LogP contribution in [0.3, 0.4) is 0 Å². The van der Waals surface area contributed by atoms with Crippen molar-refractivity contribution in [2.45, 2.75) is 38.8 Å². The lowest BCUT2D eigenvalue weighted by molar-refractivity contribution is 0.0832. The van der Waals surface area contributed by atoms with Crippen molar-refractivity contribution in [1.82, 2.24) is 5.32 Å². The maximum Gasteiger partial charge on any atom is 0.116 e.